The van der Waals surface area contributed by atoms with Gasteiger partial charge in [-0.05, 0) is 42.7 Å². The van der Waals surface area contributed by atoms with E-state index >= 15 is 0 Å². The maximum absolute atomic E-state index is 9.67. The second-order valence-electron chi connectivity index (χ2n) is 4.91. The molecule has 1 N–H and O–H groups in total. The highest BCUT2D eigenvalue weighted by molar-refractivity contribution is 9.10. The fourth-order valence-corrected chi connectivity index (χ4v) is 3.33. The minimum Gasteiger partial charge on any atom is -0.389 e. The largest absolute Gasteiger partial charge is 0.389 e. The van der Waals surface area contributed by atoms with Gasteiger partial charge < -0.3 is 10.0 Å². The van der Waals surface area contributed by atoms with Gasteiger partial charge in [0.2, 0.25) is 0 Å². The van der Waals surface area contributed by atoms with E-state index in [0.29, 0.717) is 0 Å². The molecule has 2 aromatic rings. The molecule has 0 amide bonds. The third-order valence-corrected chi connectivity index (χ3v) is 4.32. The Morgan fingerprint density at radius 2 is 2.00 bits per heavy atom. The zero-order chi connectivity index (χ0) is 13.4. The van der Waals surface area contributed by atoms with E-state index < -0.39 is 6.10 Å². The van der Waals surface area contributed by atoms with E-state index in [1.54, 1.807) is 6.92 Å². The number of halogens is 1. The van der Waals surface area contributed by atoms with Crippen molar-refractivity contribution in [2.24, 2.45) is 0 Å². The Hall–Kier alpha value is -1.32. The zero-order valence-corrected chi connectivity index (χ0v) is 12.4. The molecule has 0 fully saturated rings. The number of benzene rings is 2. The summed E-state index contributed by atoms with van der Waals surface area (Å²) in [5, 5.41) is 9.67. The van der Waals surface area contributed by atoms with Crippen LogP contribution in [0.2, 0.25) is 0 Å². The van der Waals surface area contributed by atoms with Gasteiger partial charge in [0.15, 0.2) is 0 Å². The molecule has 0 aromatic heterocycles. The van der Waals surface area contributed by atoms with Gasteiger partial charge in [-0.25, -0.2) is 0 Å². The van der Waals surface area contributed by atoms with Gasteiger partial charge >= 0.3 is 0 Å². The first-order chi connectivity index (χ1) is 9.16. The summed E-state index contributed by atoms with van der Waals surface area (Å²) in [4.78, 5) is 2.33. The number of rotatable bonds is 2. The Balaban J connectivity index is 1.99. The van der Waals surface area contributed by atoms with Crippen molar-refractivity contribution in [1.29, 1.82) is 0 Å². The van der Waals surface area contributed by atoms with Crippen LogP contribution in [0.15, 0.2) is 46.9 Å². The van der Waals surface area contributed by atoms with E-state index in [1.807, 2.05) is 6.07 Å². The maximum atomic E-state index is 9.67. The smallest absolute Gasteiger partial charge is 0.0772 e. The molecular formula is C16H16BrNO. The van der Waals surface area contributed by atoms with Crippen LogP contribution in [-0.2, 0) is 6.42 Å². The van der Waals surface area contributed by atoms with E-state index in [9.17, 15) is 5.11 Å². The lowest BCUT2D eigenvalue weighted by molar-refractivity contribution is 0.198. The van der Waals surface area contributed by atoms with Crippen molar-refractivity contribution in [2.75, 3.05) is 11.4 Å². The molecule has 3 heteroatoms. The Morgan fingerprint density at radius 3 is 2.74 bits per heavy atom. The molecule has 1 aliphatic heterocycles. The SMILES string of the molecule is C[C@@H](O)c1ccc(N2CCc3ccccc32)cc1Br. The predicted octanol–water partition coefficient (Wildman–Crippen LogP) is 4.20. The van der Waals surface area contributed by atoms with Crippen LogP contribution in [0.4, 0.5) is 11.4 Å². The molecule has 0 aliphatic carbocycles. The number of aliphatic hydroxyl groups is 1. The summed E-state index contributed by atoms with van der Waals surface area (Å²) in [7, 11) is 0. The molecule has 0 unspecified atom stereocenters. The van der Waals surface area contributed by atoms with Crippen LogP contribution < -0.4 is 4.90 Å². The summed E-state index contributed by atoms with van der Waals surface area (Å²) >= 11 is 3.55. The predicted molar refractivity (Wildman–Crippen MR) is 81.9 cm³/mol. The van der Waals surface area contributed by atoms with Gasteiger partial charge in [-0.3, -0.25) is 0 Å². The van der Waals surface area contributed by atoms with Crippen LogP contribution >= 0.6 is 15.9 Å². The lowest BCUT2D eigenvalue weighted by Gasteiger charge is -2.21. The normalized spacial score (nSPS) is 15.4. The van der Waals surface area contributed by atoms with Gasteiger partial charge in [0, 0.05) is 22.4 Å². The number of anilines is 2. The van der Waals surface area contributed by atoms with Gasteiger partial charge in [0.25, 0.3) is 0 Å². The third kappa shape index (κ3) is 2.28. The first kappa shape index (κ1) is 12.7. The summed E-state index contributed by atoms with van der Waals surface area (Å²) in [6.07, 6.45) is 0.640. The average molecular weight is 318 g/mol. The van der Waals surface area contributed by atoms with Crippen LogP contribution in [0, 0.1) is 0 Å². The highest BCUT2D eigenvalue weighted by Crippen LogP contribution is 2.36. The Morgan fingerprint density at radius 1 is 1.21 bits per heavy atom. The zero-order valence-electron chi connectivity index (χ0n) is 10.8. The van der Waals surface area contributed by atoms with Gasteiger partial charge in [-0.15, -0.1) is 0 Å². The first-order valence-corrected chi connectivity index (χ1v) is 7.29. The second kappa shape index (κ2) is 4.99. The lowest BCUT2D eigenvalue weighted by atomic mass is 10.1. The Kier molecular flexibility index (Phi) is 3.33. The average Bonchev–Trinajstić information content (AvgIpc) is 2.82. The number of para-hydroxylation sites is 1. The highest BCUT2D eigenvalue weighted by Gasteiger charge is 2.20. The van der Waals surface area contributed by atoms with Crippen molar-refractivity contribution in [3.8, 4) is 0 Å². The molecule has 0 saturated carbocycles. The van der Waals surface area contributed by atoms with Crippen molar-refractivity contribution in [3.05, 3.63) is 58.1 Å². The molecule has 98 valence electrons. The summed E-state index contributed by atoms with van der Waals surface area (Å²) in [6.45, 7) is 2.80. The molecule has 2 nitrogen and oxygen atoms in total. The molecule has 0 bridgehead atoms. The van der Waals surface area contributed by atoms with Gasteiger partial charge in [-0.2, -0.15) is 0 Å². The van der Waals surface area contributed by atoms with E-state index in [1.165, 1.54) is 16.9 Å². The molecule has 1 atom stereocenters. The van der Waals surface area contributed by atoms with Gasteiger partial charge in [0.05, 0.1) is 6.10 Å². The Labute approximate surface area is 121 Å². The standard InChI is InChI=1S/C16H16BrNO/c1-11(19)14-7-6-13(10-15(14)17)18-9-8-12-4-2-3-5-16(12)18/h2-7,10-11,19H,8-9H2,1H3/t11-/m1/s1. The van der Waals surface area contributed by atoms with Crippen LogP contribution in [-0.4, -0.2) is 11.7 Å². The second-order valence-corrected chi connectivity index (χ2v) is 5.77. The molecule has 0 radical (unpaired) electrons. The van der Waals surface area contributed by atoms with Crippen LogP contribution in [0.1, 0.15) is 24.2 Å². The highest BCUT2D eigenvalue weighted by atomic mass is 79.9. The minimum atomic E-state index is -0.450. The van der Waals surface area contributed by atoms with Crippen molar-refractivity contribution in [3.63, 3.8) is 0 Å². The maximum Gasteiger partial charge on any atom is 0.0772 e. The molecule has 0 spiro atoms. The van der Waals surface area contributed by atoms with Crippen molar-refractivity contribution in [1.82, 2.24) is 0 Å². The lowest BCUT2D eigenvalue weighted by Crippen LogP contribution is -2.13. The number of hydrogen-bond acceptors (Lipinski definition) is 2. The summed E-state index contributed by atoms with van der Waals surface area (Å²) < 4.78 is 0.962. The quantitative estimate of drug-likeness (QED) is 0.897. The van der Waals surface area contributed by atoms with Crippen molar-refractivity contribution >= 4 is 27.3 Å². The summed E-state index contributed by atoms with van der Waals surface area (Å²) in [5.74, 6) is 0. The van der Waals surface area contributed by atoms with Gasteiger partial charge in [-0.1, -0.05) is 40.2 Å². The number of nitrogens with zero attached hydrogens (tertiary/aromatic N) is 1. The summed E-state index contributed by atoms with van der Waals surface area (Å²) in [5.41, 5.74) is 4.79. The molecule has 19 heavy (non-hydrogen) atoms. The fourth-order valence-electron chi connectivity index (χ4n) is 2.63. The number of fused-ring (bicyclic) bond motifs is 1. The van der Waals surface area contributed by atoms with Crippen LogP contribution in [0.25, 0.3) is 0 Å². The first-order valence-electron chi connectivity index (χ1n) is 6.50. The van der Waals surface area contributed by atoms with E-state index in [4.69, 9.17) is 0 Å². The van der Waals surface area contributed by atoms with E-state index in [0.717, 1.165) is 23.0 Å². The van der Waals surface area contributed by atoms with E-state index in [-0.39, 0.29) is 0 Å². The van der Waals surface area contributed by atoms with Crippen LogP contribution in [0.5, 0.6) is 0 Å². The van der Waals surface area contributed by atoms with Crippen molar-refractivity contribution in [2.45, 2.75) is 19.4 Å². The van der Waals surface area contributed by atoms with Crippen molar-refractivity contribution < 1.29 is 5.11 Å². The number of hydrogen-bond donors (Lipinski definition) is 1. The van der Waals surface area contributed by atoms with Gasteiger partial charge in [0.1, 0.15) is 0 Å². The van der Waals surface area contributed by atoms with Crippen LogP contribution in [0.3, 0.4) is 0 Å². The monoisotopic (exact) mass is 317 g/mol. The number of aliphatic hydroxyl groups excluding tert-OH is 1. The molecule has 1 aliphatic rings. The fraction of sp³-hybridized carbons (Fsp3) is 0.250. The molecule has 2 aromatic carbocycles. The third-order valence-electron chi connectivity index (χ3n) is 3.63. The molecular weight excluding hydrogens is 302 g/mol. The topological polar surface area (TPSA) is 23.5 Å². The minimum absolute atomic E-state index is 0.450. The molecule has 0 saturated heterocycles. The molecule has 3 rings (SSSR count). The molecule has 1 heterocycles. The van der Waals surface area contributed by atoms with E-state index in [2.05, 4.69) is 57.2 Å². The summed E-state index contributed by atoms with van der Waals surface area (Å²) in [6, 6.07) is 14.7. The Bertz CT molecular complexity index is 609.